The highest BCUT2D eigenvalue weighted by Crippen LogP contribution is 2.13. The molecule has 0 amide bonds. The smallest absolute Gasteiger partial charge is 0.261 e. The van der Waals surface area contributed by atoms with E-state index in [4.69, 9.17) is 5.73 Å². The van der Waals surface area contributed by atoms with E-state index in [9.17, 15) is 12.8 Å². The highest BCUT2D eigenvalue weighted by Gasteiger charge is 2.27. The maximum atomic E-state index is 13.3. The summed E-state index contributed by atoms with van der Waals surface area (Å²) in [6.07, 6.45) is 1.22. The molecule has 0 radical (unpaired) electrons. The van der Waals surface area contributed by atoms with Gasteiger partial charge < -0.3 is 5.73 Å². The van der Waals surface area contributed by atoms with E-state index in [1.54, 1.807) is 13.8 Å². The number of hydrogen-bond acceptors (Lipinski definition) is 4. The van der Waals surface area contributed by atoms with Gasteiger partial charge in [-0.15, -0.1) is 0 Å². The van der Waals surface area contributed by atoms with E-state index in [0.29, 0.717) is 0 Å². The third kappa shape index (κ3) is 2.97. The van der Waals surface area contributed by atoms with Crippen LogP contribution < -0.4 is 10.5 Å². The van der Waals surface area contributed by atoms with E-state index in [1.807, 2.05) is 0 Å². The van der Waals surface area contributed by atoms with Gasteiger partial charge >= 0.3 is 0 Å². The molecule has 5 nitrogen and oxygen atoms in total. The van der Waals surface area contributed by atoms with Crippen LogP contribution in [0.5, 0.6) is 0 Å². The molecule has 0 aliphatic carbocycles. The summed E-state index contributed by atoms with van der Waals surface area (Å²) in [7, 11) is -3.98. The number of halogens is 1. The SMILES string of the molecule is CC(C)(CN)NS(=O)(=O)c1ncccc1F. The normalized spacial score (nSPS) is 12.8. The molecular formula is C9H14FN3O2S. The first-order chi connectivity index (χ1) is 7.28. The molecule has 0 fully saturated rings. The number of rotatable bonds is 4. The lowest BCUT2D eigenvalue weighted by Gasteiger charge is -2.23. The van der Waals surface area contributed by atoms with Crippen LogP contribution >= 0.6 is 0 Å². The topological polar surface area (TPSA) is 85.1 Å². The second kappa shape index (κ2) is 4.44. The molecule has 1 aromatic rings. The van der Waals surface area contributed by atoms with Gasteiger partial charge in [0.15, 0.2) is 5.82 Å². The maximum absolute atomic E-state index is 13.3. The monoisotopic (exact) mass is 247 g/mol. The number of nitrogens with one attached hydrogen (secondary N) is 1. The molecule has 0 atom stereocenters. The van der Waals surface area contributed by atoms with Crippen molar-refractivity contribution in [3.8, 4) is 0 Å². The molecule has 0 saturated carbocycles. The van der Waals surface area contributed by atoms with E-state index in [1.165, 1.54) is 12.3 Å². The minimum absolute atomic E-state index is 0.0979. The molecule has 3 N–H and O–H groups in total. The van der Waals surface area contributed by atoms with Gasteiger partial charge in [0.25, 0.3) is 10.0 Å². The van der Waals surface area contributed by atoms with Crippen LogP contribution in [0.1, 0.15) is 13.8 Å². The zero-order chi connectivity index (χ0) is 12.4. The highest BCUT2D eigenvalue weighted by atomic mass is 32.2. The number of sulfonamides is 1. The Morgan fingerprint density at radius 2 is 2.19 bits per heavy atom. The molecule has 0 aliphatic rings. The summed E-state index contributed by atoms with van der Waals surface area (Å²) in [6.45, 7) is 3.30. The summed E-state index contributed by atoms with van der Waals surface area (Å²) < 4.78 is 39.1. The Kier molecular flexibility index (Phi) is 3.61. The Balaban J connectivity index is 3.09. The van der Waals surface area contributed by atoms with Gasteiger partial charge in [0.2, 0.25) is 5.03 Å². The van der Waals surface area contributed by atoms with Crippen LogP contribution in [-0.2, 0) is 10.0 Å². The summed E-state index contributed by atoms with van der Waals surface area (Å²) in [5, 5.41) is -0.614. The lowest BCUT2D eigenvalue weighted by molar-refractivity contribution is 0.457. The van der Waals surface area contributed by atoms with Crippen LogP contribution in [0.3, 0.4) is 0 Å². The van der Waals surface area contributed by atoms with E-state index in [2.05, 4.69) is 9.71 Å². The van der Waals surface area contributed by atoms with Crippen molar-refractivity contribution >= 4 is 10.0 Å². The predicted octanol–water partition coefficient (Wildman–Crippen LogP) is 0.236. The van der Waals surface area contributed by atoms with Gasteiger partial charge in [-0.05, 0) is 26.0 Å². The zero-order valence-electron chi connectivity index (χ0n) is 9.07. The molecule has 0 spiro atoms. The van der Waals surface area contributed by atoms with E-state index in [-0.39, 0.29) is 6.54 Å². The van der Waals surface area contributed by atoms with Gasteiger partial charge in [0, 0.05) is 18.3 Å². The molecule has 1 aromatic heterocycles. The van der Waals surface area contributed by atoms with Gasteiger partial charge in [-0.1, -0.05) is 0 Å². The van der Waals surface area contributed by atoms with Crippen molar-refractivity contribution in [2.45, 2.75) is 24.4 Å². The predicted molar refractivity (Wildman–Crippen MR) is 57.6 cm³/mol. The van der Waals surface area contributed by atoms with Crippen molar-refractivity contribution in [1.82, 2.24) is 9.71 Å². The largest absolute Gasteiger partial charge is 0.329 e. The minimum atomic E-state index is -3.98. The Hall–Kier alpha value is -1.05. The van der Waals surface area contributed by atoms with Gasteiger partial charge in [-0.25, -0.2) is 22.5 Å². The fourth-order valence-corrected chi connectivity index (χ4v) is 2.45. The Morgan fingerprint density at radius 1 is 1.56 bits per heavy atom. The van der Waals surface area contributed by atoms with Crippen LogP contribution in [0.4, 0.5) is 4.39 Å². The van der Waals surface area contributed by atoms with Crippen molar-refractivity contribution in [3.05, 3.63) is 24.1 Å². The quantitative estimate of drug-likeness (QED) is 0.798. The minimum Gasteiger partial charge on any atom is -0.329 e. The first kappa shape index (κ1) is 13.0. The second-order valence-corrected chi connectivity index (χ2v) is 5.58. The molecule has 90 valence electrons. The third-order valence-corrected chi connectivity index (χ3v) is 3.53. The molecule has 0 saturated heterocycles. The van der Waals surface area contributed by atoms with Crippen LogP contribution in [-0.4, -0.2) is 25.5 Å². The molecule has 0 aromatic carbocycles. The fraction of sp³-hybridized carbons (Fsp3) is 0.444. The standard InChI is InChI=1S/C9H14FN3O2S/c1-9(2,6-11)13-16(14,15)8-7(10)4-3-5-12-8/h3-5,13H,6,11H2,1-2H3. The second-order valence-electron chi connectivity index (χ2n) is 3.98. The van der Waals surface area contributed by atoms with E-state index < -0.39 is 26.4 Å². The van der Waals surface area contributed by atoms with Gasteiger partial charge in [0.05, 0.1) is 0 Å². The summed E-state index contributed by atoms with van der Waals surface area (Å²) in [5.41, 5.74) is 4.54. The molecule has 0 bridgehead atoms. The maximum Gasteiger partial charge on any atom is 0.261 e. The average Bonchev–Trinajstić information content (AvgIpc) is 2.16. The van der Waals surface area contributed by atoms with Crippen molar-refractivity contribution < 1.29 is 12.8 Å². The summed E-state index contributed by atoms with van der Waals surface area (Å²) >= 11 is 0. The lowest BCUT2D eigenvalue weighted by Crippen LogP contribution is -2.49. The number of nitrogens with zero attached hydrogens (tertiary/aromatic N) is 1. The van der Waals surface area contributed by atoms with Crippen molar-refractivity contribution in [1.29, 1.82) is 0 Å². The third-order valence-electron chi connectivity index (χ3n) is 1.90. The van der Waals surface area contributed by atoms with Gasteiger partial charge in [-0.2, -0.15) is 0 Å². The average molecular weight is 247 g/mol. The van der Waals surface area contributed by atoms with E-state index in [0.717, 1.165) is 6.07 Å². The van der Waals surface area contributed by atoms with Crippen LogP contribution in [0.25, 0.3) is 0 Å². The number of pyridine rings is 1. The molecule has 7 heteroatoms. The van der Waals surface area contributed by atoms with Crippen molar-refractivity contribution in [2.24, 2.45) is 5.73 Å². The van der Waals surface area contributed by atoms with Gasteiger partial charge in [-0.3, -0.25) is 0 Å². The molecule has 0 aliphatic heterocycles. The number of aromatic nitrogens is 1. The molecular weight excluding hydrogens is 233 g/mol. The molecule has 0 unspecified atom stereocenters. The fourth-order valence-electron chi connectivity index (χ4n) is 1.02. The molecule has 16 heavy (non-hydrogen) atoms. The zero-order valence-corrected chi connectivity index (χ0v) is 9.88. The first-order valence-electron chi connectivity index (χ1n) is 4.63. The Labute approximate surface area is 93.9 Å². The number of hydrogen-bond donors (Lipinski definition) is 2. The highest BCUT2D eigenvalue weighted by molar-refractivity contribution is 7.89. The van der Waals surface area contributed by atoms with Crippen LogP contribution in [0.2, 0.25) is 0 Å². The van der Waals surface area contributed by atoms with Crippen molar-refractivity contribution in [3.63, 3.8) is 0 Å². The summed E-state index contributed by atoms with van der Waals surface area (Å²) in [5.74, 6) is -0.886. The molecule has 1 heterocycles. The molecule has 1 rings (SSSR count). The summed E-state index contributed by atoms with van der Waals surface area (Å²) in [4.78, 5) is 3.50. The van der Waals surface area contributed by atoms with Crippen LogP contribution in [0.15, 0.2) is 23.4 Å². The van der Waals surface area contributed by atoms with E-state index >= 15 is 0 Å². The number of nitrogens with two attached hydrogens (primary N) is 1. The lowest BCUT2D eigenvalue weighted by atomic mass is 10.1. The van der Waals surface area contributed by atoms with Crippen molar-refractivity contribution in [2.75, 3.05) is 6.54 Å². The Morgan fingerprint density at radius 3 is 2.69 bits per heavy atom. The Bertz CT molecular complexity index is 473. The summed E-state index contributed by atoms with van der Waals surface area (Å²) in [6, 6.07) is 2.36. The van der Waals surface area contributed by atoms with Gasteiger partial charge in [0.1, 0.15) is 0 Å². The first-order valence-corrected chi connectivity index (χ1v) is 6.11. The van der Waals surface area contributed by atoms with Crippen LogP contribution in [0, 0.1) is 5.82 Å².